The summed E-state index contributed by atoms with van der Waals surface area (Å²) in [6.07, 6.45) is 4.79. The van der Waals surface area contributed by atoms with Gasteiger partial charge in [0.2, 0.25) is 0 Å². The third kappa shape index (κ3) is 2.25. The lowest BCUT2D eigenvalue weighted by Crippen LogP contribution is -2.37. The summed E-state index contributed by atoms with van der Waals surface area (Å²) in [5.74, 6) is 0. The summed E-state index contributed by atoms with van der Waals surface area (Å²) >= 11 is 0. The third-order valence-electron chi connectivity index (χ3n) is 3.15. The fraction of sp³-hybridized carbons (Fsp3) is 0.667. The Labute approximate surface area is 86.7 Å². The Morgan fingerprint density at radius 2 is 2.29 bits per heavy atom. The van der Waals surface area contributed by atoms with Crippen molar-refractivity contribution in [3.05, 3.63) is 23.8 Å². The third-order valence-corrected chi connectivity index (χ3v) is 3.15. The molecule has 0 amide bonds. The average molecular weight is 192 g/mol. The minimum absolute atomic E-state index is 0.844. The minimum Gasteiger partial charge on any atom is -0.309 e. The Hall–Kier alpha value is -0.600. The molecule has 1 aliphatic heterocycles. The molecule has 0 radical (unpaired) electrons. The molecule has 0 aromatic heterocycles. The van der Waals surface area contributed by atoms with Gasteiger partial charge in [0, 0.05) is 32.2 Å². The van der Waals surface area contributed by atoms with Gasteiger partial charge in [0.1, 0.15) is 0 Å². The molecule has 14 heavy (non-hydrogen) atoms. The molecule has 0 aromatic rings. The van der Waals surface area contributed by atoms with Gasteiger partial charge in [-0.3, -0.25) is 4.90 Å². The fourth-order valence-corrected chi connectivity index (χ4v) is 1.92. The first-order chi connectivity index (χ1) is 6.81. The van der Waals surface area contributed by atoms with Crippen LogP contribution in [-0.4, -0.2) is 37.1 Å². The standard InChI is InChI=1S/C12H20N2/c1-3-6-14(12-4-5-12)9-10(2)11-7-13-8-11/h3,12-13H,1,4-9H2,2H3. The van der Waals surface area contributed by atoms with E-state index in [9.17, 15) is 0 Å². The Kier molecular flexibility index (Phi) is 3.04. The van der Waals surface area contributed by atoms with Crippen molar-refractivity contribution in [2.24, 2.45) is 0 Å². The molecule has 2 aliphatic rings. The number of hydrogen-bond acceptors (Lipinski definition) is 2. The molecule has 2 fully saturated rings. The zero-order valence-corrected chi connectivity index (χ0v) is 9.05. The van der Waals surface area contributed by atoms with Crippen molar-refractivity contribution >= 4 is 0 Å². The molecule has 0 unspecified atom stereocenters. The second kappa shape index (κ2) is 4.28. The molecule has 1 aliphatic carbocycles. The summed E-state index contributed by atoms with van der Waals surface area (Å²) < 4.78 is 0. The SMILES string of the molecule is C=CCN(CC(C)=C1CNC1)C1CC1. The summed E-state index contributed by atoms with van der Waals surface area (Å²) in [6.45, 7) is 10.5. The molecule has 2 heteroatoms. The van der Waals surface area contributed by atoms with E-state index in [1.165, 1.54) is 12.8 Å². The van der Waals surface area contributed by atoms with Crippen LogP contribution in [0.5, 0.6) is 0 Å². The molecule has 1 heterocycles. The van der Waals surface area contributed by atoms with Crippen molar-refractivity contribution in [2.75, 3.05) is 26.2 Å². The average Bonchev–Trinajstić information content (AvgIpc) is 2.81. The first-order valence-electron chi connectivity index (χ1n) is 5.54. The Balaban J connectivity index is 1.88. The highest BCUT2D eigenvalue weighted by atomic mass is 15.2. The molecular weight excluding hydrogens is 172 g/mol. The van der Waals surface area contributed by atoms with Gasteiger partial charge in [0.05, 0.1) is 0 Å². The zero-order chi connectivity index (χ0) is 9.97. The first-order valence-corrected chi connectivity index (χ1v) is 5.54. The van der Waals surface area contributed by atoms with Crippen molar-refractivity contribution in [3.8, 4) is 0 Å². The molecule has 0 aromatic carbocycles. The summed E-state index contributed by atoms with van der Waals surface area (Å²) in [7, 11) is 0. The minimum atomic E-state index is 0.844. The van der Waals surface area contributed by atoms with Crippen LogP contribution in [0.3, 0.4) is 0 Å². The smallest absolute Gasteiger partial charge is 0.0199 e. The lowest BCUT2D eigenvalue weighted by Gasteiger charge is -2.26. The van der Waals surface area contributed by atoms with Crippen LogP contribution in [0.4, 0.5) is 0 Å². The van der Waals surface area contributed by atoms with E-state index in [1.807, 2.05) is 6.08 Å². The molecule has 2 nitrogen and oxygen atoms in total. The molecule has 78 valence electrons. The van der Waals surface area contributed by atoms with Crippen LogP contribution in [0, 0.1) is 0 Å². The summed E-state index contributed by atoms with van der Waals surface area (Å²) in [5.41, 5.74) is 3.18. The van der Waals surface area contributed by atoms with E-state index >= 15 is 0 Å². The highest BCUT2D eigenvalue weighted by molar-refractivity contribution is 5.22. The van der Waals surface area contributed by atoms with Crippen LogP contribution < -0.4 is 5.32 Å². The molecule has 2 rings (SSSR count). The molecule has 0 bridgehead atoms. The summed E-state index contributed by atoms with van der Waals surface area (Å²) in [4.78, 5) is 2.55. The number of rotatable bonds is 5. The number of nitrogens with one attached hydrogen (secondary N) is 1. The quantitative estimate of drug-likeness (QED) is 0.665. The van der Waals surface area contributed by atoms with Gasteiger partial charge in [-0.25, -0.2) is 0 Å². The van der Waals surface area contributed by atoms with Crippen molar-refractivity contribution in [1.29, 1.82) is 0 Å². The van der Waals surface area contributed by atoms with Crippen LogP contribution >= 0.6 is 0 Å². The Morgan fingerprint density at radius 1 is 1.57 bits per heavy atom. The number of nitrogens with zero attached hydrogens (tertiary/aromatic N) is 1. The van der Waals surface area contributed by atoms with E-state index in [0.29, 0.717) is 0 Å². The second-order valence-corrected chi connectivity index (χ2v) is 4.44. The lowest BCUT2D eigenvalue weighted by atomic mass is 10.0. The van der Waals surface area contributed by atoms with Crippen LogP contribution in [0.1, 0.15) is 19.8 Å². The molecule has 0 spiro atoms. The van der Waals surface area contributed by atoms with Crippen molar-refractivity contribution in [2.45, 2.75) is 25.8 Å². The Morgan fingerprint density at radius 3 is 2.71 bits per heavy atom. The van der Waals surface area contributed by atoms with Gasteiger partial charge in [0.25, 0.3) is 0 Å². The van der Waals surface area contributed by atoms with Gasteiger partial charge in [-0.1, -0.05) is 11.6 Å². The van der Waals surface area contributed by atoms with E-state index in [1.54, 1.807) is 11.1 Å². The normalized spacial score (nSPS) is 20.9. The van der Waals surface area contributed by atoms with Crippen LogP contribution in [0.15, 0.2) is 23.8 Å². The lowest BCUT2D eigenvalue weighted by molar-refractivity contribution is 0.315. The topological polar surface area (TPSA) is 15.3 Å². The summed E-state index contributed by atoms with van der Waals surface area (Å²) in [5, 5.41) is 3.30. The maximum absolute atomic E-state index is 3.83. The van der Waals surface area contributed by atoms with Crippen LogP contribution in [0.25, 0.3) is 0 Å². The first kappa shape index (κ1) is 9.94. The maximum Gasteiger partial charge on any atom is 0.0199 e. The van der Waals surface area contributed by atoms with Gasteiger partial charge < -0.3 is 5.32 Å². The number of hydrogen-bond donors (Lipinski definition) is 1. The van der Waals surface area contributed by atoms with E-state index in [2.05, 4.69) is 23.7 Å². The predicted molar refractivity (Wildman–Crippen MR) is 60.4 cm³/mol. The Bertz CT molecular complexity index is 245. The van der Waals surface area contributed by atoms with Gasteiger partial charge in [0.15, 0.2) is 0 Å². The van der Waals surface area contributed by atoms with Gasteiger partial charge in [-0.15, -0.1) is 6.58 Å². The van der Waals surface area contributed by atoms with E-state index in [4.69, 9.17) is 0 Å². The zero-order valence-electron chi connectivity index (χ0n) is 9.05. The van der Waals surface area contributed by atoms with Crippen molar-refractivity contribution in [3.63, 3.8) is 0 Å². The fourth-order valence-electron chi connectivity index (χ4n) is 1.92. The van der Waals surface area contributed by atoms with Gasteiger partial charge in [-0.05, 0) is 25.3 Å². The molecule has 1 N–H and O–H groups in total. The van der Waals surface area contributed by atoms with Crippen LogP contribution in [-0.2, 0) is 0 Å². The summed E-state index contributed by atoms with van der Waals surface area (Å²) in [6, 6.07) is 0.844. The molecular formula is C12H20N2. The highest BCUT2D eigenvalue weighted by Crippen LogP contribution is 2.27. The highest BCUT2D eigenvalue weighted by Gasteiger charge is 2.28. The van der Waals surface area contributed by atoms with E-state index in [-0.39, 0.29) is 0 Å². The monoisotopic (exact) mass is 192 g/mol. The molecule has 0 atom stereocenters. The van der Waals surface area contributed by atoms with Gasteiger partial charge in [-0.2, -0.15) is 0 Å². The maximum atomic E-state index is 3.83. The predicted octanol–water partition coefficient (Wildman–Crippen LogP) is 1.56. The second-order valence-electron chi connectivity index (χ2n) is 4.44. The van der Waals surface area contributed by atoms with E-state index < -0.39 is 0 Å². The molecule has 1 saturated heterocycles. The van der Waals surface area contributed by atoms with Crippen molar-refractivity contribution < 1.29 is 0 Å². The van der Waals surface area contributed by atoms with Crippen LogP contribution in [0.2, 0.25) is 0 Å². The largest absolute Gasteiger partial charge is 0.309 e. The van der Waals surface area contributed by atoms with E-state index in [0.717, 1.165) is 32.2 Å². The van der Waals surface area contributed by atoms with Crippen molar-refractivity contribution in [1.82, 2.24) is 10.2 Å². The molecule has 1 saturated carbocycles. The van der Waals surface area contributed by atoms with Gasteiger partial charge >= 0.3 is 0 Å².